The van der Waals surface area contributed by atoms with Gasteiger partial charge in [-0.3, -0.25) is 4.57 Å². The van der Waals surface area contributed by atoms with Gasteiger partial charge in [0.2, 0.25) is 11.8 Å². The number of hydrogen-bond acceptors (Lipinski definition) is 7. The zero-order valence-corrected chi connectivity index (χ0v) is 19.0. The third kappa shape index (κ3) is 3.89. The molecule has 2 aromatic heterocycles. The number of piperidine rings is 1. The zero-order chi connectivity index (χ0) is 22.1. The molecule has 0 bridgehead atoms. The largest absolute Gasteiger partial charge is 0.487 e. The number of benzene rings is 1. The maximum Gasteiger partial charge on any atom is 0.232 e. The second kappa shape index (κ2) is 8.60. The average molecular weight is 456 g/mol. The number of anilines is 1. The summed E-state index contributed by atoms with van der Waals surface area (Å²) in [6.45, 7) is 2.02. The number of pyridine rings is 1. The Morgan fingerprint density at radius 3 is 2.66 bits per heavy atom. The number of methoxy groups -OCH3 is 2. The van der Waals surface area contributed by atoms with Crippen molar-refractivity contribution in [2.45, 2.75) is 37.9 Å². The monoisotopic (exact) mass is 455 g/mol. The molecule has 1 saturated heterocycles. The number of aryl methyl sites for hydroxylation is 1. The van der Waals surface area contributed by atoms with Crippen molar-refractivity contribution >= 4 is 17.5 Å². The van der Waals surface area contributed by atoms with Gasteiger partial charge in [-0.15, -0.1) is 10.2 Å². The van der Waals surface area contributed by atoms with E-state index in [4.69, 9.17) is 25.8 Å². The predicted octanol–water partition coefficient (Wildman–Crippen LogP) is 3.83. The highest BCUT2D eigenvalue weighted by Gasteiger charge is 2.40. The van der Waals surface area contributed by atoms with Crippen molar-refractivity contribution in [1.29, 1.82) is 0 Å². The van der Waals surface area contributed by atoms with E-state index in [2.05, 4.69) is 20.1 Å². The molecule has 8 nitrogen and oxygen atoms in total. The summed E-state index contributed by atoms with van der Waals surface area (Å²) in [5.74, 6) is 3.05. The van der Waals surface area contributed by atoms with Crippen LogP contribution in [0.1, 0.15) is 30.7 Å². The van der Waals surface area contributed by atoms with Crippen molar-refractivity contribution in [3.05, 3.63) is 52.9 Å². The Morgan fingerprint density at radius 2 is 1.94 bits per heavy atom. The summed E-state index contributed by atoms with van der Waals surface area (Å²) in [5, 5.41) is 9.65. The molecule has 32 heavy (non-hydrogen) atoms. The van der Waals surface area contributed by atoms with Crippen LogP contribution in [0.15, 0.2) is 36.5 Å². The van der Waals surface area contributed by atoms with Gasteiger partial charge in [0.15, 0.2) is 5.82 Å². The fourth-order valence-electron chi connectivity index (χ4n) is 4.58. The van der Waals surface area contributed by atoms with Crippen molar-refractivity contribution < 1.29 is 14.2 Å². The van der Waals surface area contributed by atoms with E-state index in [9.17, 15) is 0 Å². The molecule has 1 fully saturated rings. The van der Waals surface area contributed by atoms with E-state index in [1.165, 1.54) is 5.56 Å². The van der Waals surface area contributed by atoms with Crippen LogP contribution in [0.4, 0.5) is 5.95 Å². The lowest BCUT2D eigenvalue weighted by Crippen LogP contribution is -2.50. The fraction of sp³-hybridized carbons (Fsp3) is 0.435. The van der Waals surface area contributed by atoms with E-state index < -0.39 is 0 Å². The molecule has 0 aliphatic carbocycles. The number of nitrogens with zero attached hydrogens (tertiary/aromatic N) is 5. The van der Waals surface area contributed by atoms with E-state index in [0.717, 1.165) is 67.0 Å². The quantitative estimate of drug-likeness (QED) is 0.578. The van der Waals surface area contributed by atoms with Gasteiger partial charge in [-0.1, -0.05) is 11.6 Å². The van der Waals surface area contributed by atoms with Gasteiger partial charge in [0.05, 0.1) is 19.0 Å². The summed E-state index contributed by atoms with van der Waals surface area (Å²) >= 11 is 6.15. The highest BCUT2D eigenvalue weighted by molar-refractivity contribution is 6.30. The van der Waals surface area contributed by atoms with Crippen LogP contribution in [-0.2, 0) is 17.8 Å². The lowest BCUT2D eigenvalue weighted by molar-refractivity contribution is 0.0223. The Labute approximate surface area is 192 Å². The first-order chi connectivity index (χ1) is 15.6. The molecule has 1 aromatic carbocycles. The summed E-state index contributed by atoms with van der Waals surface area (Å²) in [6.07, 6.45) is 5.59. The molecule has 0 unspecified atom stereocenters. The molecule has 0 radical (unpaired) electrons. The number of hydrogen-bond donors (Lipinski definition) is 0. The summed E-state index contributed by atoms with van der Waals surface area (Å²) in [7, 11) is 3.26. The molecule has 4 heterocycles. The van der Waals surface area contributed by atoms with Crippen LogP contribution in [0.2, 0.25) is 5.02 Å². The van der Waals surface area contributed by atoms with Gasteiger partial charge < -0.3 is 19.1 Å². The second-order valence-electron chi connectivity index (χ2n) is 8.27. The van der Waals surface area contributed by atoms with E-state index in [0.29, 0.717) is 12.5 Å². The second-order valence-corrected chi connectivity index (χ2v) is 8.70. The van der Waals surface area contributed by atoms with E-state index in [1.54, 1.807) is 20.4 Å². The number of halogens is 1. The first kappa shape index (κ1) is 21.0. The van der Waals surface area contributed by atoms with Crippen LogP contribution in [0.5, 0.6) is 11.6 Å². The SMILES string of the molecule is COCc1nnc(N2CCC3(CCc4cc(Cl)ccc4O3)CC2)n1-c1ccc(OC)nc1. The molecule has 0 amide bonds. The number of fused-ring (bicyclic) bond motifs is 1. The van der Waals surface area contributed by atoms with Crippen LogP contribution >= 0.6 is 11.6 Å². The standard InChI is InChI=1S/C23H26ClN5O3/c1-30-15-20-26-27-22(29(20)18-4-6-21(31-2)25-14-18)28-11-9-23(10-12-28)8-7-16-13-17(24)3-5-19(16)32-23/h3-6,13-14H,7-12,15H2,1-2H3. The Balaban J connectivity index is 1.37. The van der Waals surface area contributed by atoms with E-state index >= 15 is 0 Å². The number of rotatable bonds is 5. The molecule has 3 aromatic rings. The lowest BCUT2D eigenvalue weighted by Gasteiger charge is -2.44. The summed E-state index contributed by atoms with van der Waals surface area (Å²) in [6, 6.07) is 9.70. The molecular formula is C23H26ClN5O3. The first-order valence-electron chi connectivity index (χ1n) is 10.8. The zero-order valence-electron chi connectivity index (χ0n) is 18.3. The highest BCUT2D eigenvalue weighted by Crippen LogP contribution is 2.41. The smallest absolute Gasteiger partial charge is 0.232 e. The minimum absolute atomic E-state index is 0.140. The molecule has 0 N–H and O–H groups in total. The van der Waals surface area contributed by atoms with E-state index in [1.807, 2.05) is 34.9 Å². The maximum absolute atomic E-state index is 6.51. The molecule has 0 atom stereocenters. The summed E-state index contributed by atoms with van der Waals surface area (Å²) in [5.41, 5.74) is 1.93. The van der Waals surface area contributed by atoms with Crippen molar-refractivity contribution in [2.24, 2.45) is 0 Å². The molecule has 9 heteroatoms. The van der Waals surface area contributed by atoms with Crippen molar-refractivity contribution in [3.8, 4) is 17.3 Å². The Kier molecular flexibility index (Phi) is 5.65. The third-order valence-electron chi connectivity index (χ3n) is 6.33. The van der Waals surface area contributed by atoms with Crippen LogP contribution in [-0.4, -0.2) is 52.7 Å². The molecule has 2 aliphatic rings. The average Bonchev–Trinajstić information content (AvgIpc) is 3.24. The van der Waals surface area contributed by atoms with Crippen LogP contribution in [0.3, 0.4) is 0 Å². The summed E-state index contributed by atoms with van der Waals surface area (Å²) < 4.78 is 19.1. The maximum atomic E-state index is 6.51. The Hall–Kier alpha value is -2.84. The minimum atomic E-state index is -0.140. The van der Waals surface area contributed by atoms with Gasteiger partial charge in [0.1, 0.15) is 18.0 Å². The summed E-state index contributed by atoms with van der Waals surface area (Å²) in [4.78, 5) is 6.62. The van der Waals surface area contributed by atoms with Crippen LogP contribution in [0.25, 0.3) is 5.69 Å². The molecular weight excluding hydrogens is 430 g/mol. The van der Waals surface area contributed by atoms with Gasteiger partial charge in [0, 0.05) is 44.1 Å². The molecule has 2 aliphatic heterocycles. The Morgan fingerprint density at radius 1 is 1.09 bits per heavy atom. The predicted molar refractivity (Wildman–Crippen MR) is 121 cm³/mol. The Bertz CT molecular complexity index is 1090. The molecule has 1 spiro atoms. The van der Waals surface area contributed by atoms with Gasteiger partial charge in [-0.05, 0) is 42.7 Å². The van der Waals surface area contributed by atoms with Gasteiger partial charge >= 0.3 is 0 Å². The number of ether oxygens (including phenoxy) is 3. The topological polar surface area (TPSA) is 74.5 Å². The van der Waals surface area contributed by atoms with E-state index in [-0.39, 0.29) is 5.60 Å². The highest BCUT2D eigenvalue weighted by atomic mass is 35.5. The minimum Gasteiger partial charge on any atom is -0.487 e. The van der Waals surface area contributed by atoms with Gasteiger partial charge in [0.25, 0.3) is 0 Å². The molecule has 5 rings (SSSR count). The van der Waals surface area contributed by atoms with Crippen molar-refractivity contribution in [1.82, 2.24) is 19.7 Å². The first-order valence-corrected chi connectivity index (χ1v) is 11.1. The normalized spacial score (nSPS) is 17.2. The molecule has 0 saturated carbocycles. The van der Waals surface area contributed by atoms with Crippen LogP contribution in [0, 0.1) is 0 Å². The van der Waals surface area contributed by atoms with Crippen molar-refractivity contribution in [3.63, 3.8) is 0 Å². The van der Waals surface area contributed by atoms with Crippen molar-refractivity contribution in [2.75, 3.05) is 32.2 Å². The van der Waals surface area contributed by atoms with Crippen LogP contribution < -0.4 is 14.4 Å². The third-order valence-corrected chi connectivity index (χ3v) is 6.57. The number of aromatic nitrogens is 4. The lowest BCUT2D eigenvalue weighted by atomic mass is 9.83. The van der Waals surface area contributed by atoms with Gasteiger partial charge in [-0.2, -0.15) is 0 Å². The van der Waals surface area contributed by atoms with Gasteiger partial charge in [-0.25, -0.2) is 4.98 Å². The fourth-order valence-corrected chi connectivity index (χ4v) is 4.78. The molecule has 168 valence electrons.